The average molecular weight is 878 g/mol. The lowest BCUT2D eigenvalue weighted by Gasteiger charge is -2.32. The number of nitrogens with one attached hydrogen (secondary N) is 3. The fourth-order valence-corrected chi connectivity index (χ4v) is 10.5. The molecule has 3 aliphatic rings. The number of carbonyl (C=O) groups excluding carboxylic acids is 4. The van der Waals surface area contributed by atoms with Crippen molar-refractivity contribution in [2.75, 3.05) is 30.3 Å². The van der Waals surface area contributed by atoms with Crippen molar-refractivity contribution in [2.45, 2.75) is 62.9 Å². The molecule has 4 aromatic rings. The molecule has 0 saturated carbocycles. The van der Waals surface area contributed by atoms with Gasteiger partial charge >= 0.3 is 11.9 Å². The molecule has 2 fully saturated rings. The first-order chi connectivity index (χ1) is 28.6. The highest BCUT2D eigenvalue weighted by molar-refractivity contribution is 7.88. The van der Waals surface area contributed by atoms with E-state index < -0.39 is 40.5 Å². The number of carboxylic acids is 2. The topological polar surface area (TPSA) is 229 Å². The van der Waals surface area contributed by atoms with Crippen LogP contribution in [0.5, 0.6) is 5.75 Å². The predicted octanol–water partition coefficient (Wildman–Crippen LogP) is 4.97. The summed E-state index contributed by atoms with van der Waals surface area (Å²) in [6.07, 6.45) is 2.01. The zero-order valence-corrected chi connectivity index (χ0v) is 34.3. The SMILES string of the molecule is O=C(O)COc1c(C(=O)O)sc(-c2cccc(NC3CCN(S(=O)(=O)Cc4cccc(NC(=O)CCc5ccc6c(c5)CN(C5CCC(=O)NC5=O)C6=O)c4)CC3)c2)c1Cl. The molecule has 19 heteroatoms. The van der Waals surface area contributed by atoms with Gasteiger partial charge in [-0.15, -0.1) is 11.3 Å². The molecule has 16 nitrogen and oxygen atoms in total. The Morgan fingerprint density at radius 1 is 0.933 bits per heavy atom. The number of imide groups is 1. The van der Waals surface area contributed by atoms with Gasteiger partial charge in [-0.1, -0.05) is 48.0 Å². The summed E-state index contributed by atoms with van der Waals surface area (Å²) in [5, 5.41) is 27.2. The minimum Gasteiger partial charge on any atom is -0.479 e. The summed E-state index contributed by atoms with van der Waals surface area (Å²) in [4.78, 5) is 74.4. The van der Waals surface area contributed by atoms with Gasteiger partial charge in [-0.25, -0.2) is 22.3 Å². The Morgan fingerprint density at radius 2 is 1.68 bits per heavy atom. The van der Waals surface area contributed by atoms with Crippen LogP contribution >= 0.6 is 22.9 Å². The number of aromatic carboxylic acids is 1. The lowest BCUT2D eigenvalue weighted by Crippen LogP contribution is -2.52. The fourth-order valence-electron chi connectivity index (χ4n) is 7.55. The first-order valence-electron chi connectivity index (χ1n) is 19.1. The average Bonchev–Trinajstić information content (AvgIpc) is 3.71. The number of ether oxygens (including phenoxy) is 1. The summed E-state index contributed by atoms with van der Waals surface area (Å²) in [5.41, 5.74) is 4.38. The van der Waals surface area contributed by atoms with Gasteiger partial charge in [-0.3, -0.25) is 24.5 Å². The quantitative estimate of drug-likeness (QED) is 0.0998. The van der Waals surface area contributed by atoms with Crippen LogP contribution in [-0.4, -0.2) is 95.2 Å². The van der Waals surface area contributed by atoms with E-state index in [2.05, 4.69) is 16.0 Å². The Morgan fingerprint density at radius 3 is 2.42 bits per heavy atom. The van der Waals surface area contributed by atoms with Crippen LogP contribution in [0.3, 0.4) is 0 Å². The maximum Gasteiger partial charge on any atom is 0.349 e. The number of aryl methyl sites for hydroxylation is 1. The minimum absolute atomic E-state index is 0.00248. The molecule has 2 saturated heterocycles. The number of nitrogens with zero attached hydrogens (tertiary/aromatic N) is 2. The molecule has 4 heterocycles. The summed E-state index contributed by atoms with van der Waals surface area (Å²) in [5.74, 6) is -4.39. The molecule has 5 N–H and O–H groups in total. The molecule has 314 valence electrons. The van der Waals surface area contributed by atoms with Gasteiger partial charge in [0.25, 0.3) is 5.91 Å². The van der Waals surface area contributed by atoms with Gasteiger partial charge in [-0.2, -0.15) is 0 Å². The van der Waals surface area contributed by atoms with Gasteiger partial charge in [0, 0.05) is 55.5 Å². The van der Waals surface area contributed by atoms with Crippen LogP contribution < -0.4 is 20.7 Å². The Balaban J connectivity index is 0.894. The van der Waals surface area contributed by atoms with E-state index in [-0.39, 0.29) is 84.1 Å². The van der Waals surface area contributed by atoms with Crippen LogP contribution in [0.25, 0.3) is 10.4 Å². The van der Waals surface area contributed by atoms with Crippen LogP contribution in [0, 0.1) is 0 Å². The molecule has 7 rings (SSSR count). The molecule has 60 heavy (non-hydrogen) atoms. The summed E-state index contributed by atoms with van der Waals surface area (Å²) in [6.45, 7) is 0.0555. The normalized spacial score (nSPS) is 17.2. The van der Waals surface area contributed by atoms with Crippen molar-refractivity contribution >= 4 is 79.9 Å². The molecule has 0 spiro atoms. The van der Waals surface area contributed by atoms with Crippen LogP contribution in [0.2, 0.25) is 5.02 Å². The summed E-state index contributed by atoms with van der Waals surface area (Å²) in [6, 6.07) is 18.4. The maximum atomic E-state index is 13.5. The number of hydrogen-bond donors (Lipinski definition) is 5. The molecular formula is C41H40ClN5O11S2. The number of hydrogen-bond acceptors (Lipinski definition) is 11. The highest BCUT2D eigenvalue weighted by atomic mass is 35.5. The molecule has 0 aliphatic carbocycles. The second-order valence-electron chi connectivity index (χ2n) is 14.7. The number of sulfonamides is 1. The highest BCUT2D eigenvalue weighted by Crippen LogP contribution is 2.46. The molecule has 1 aromatic heterocycles. The van der Waals surface area contributed by atoms with Crippen molar-refractivity contribution in [1.29, 1.82) is 0 Å². The van der Waals surface area contributed by atoms with Crippen molar-refractivity contribution in [3.05, 3.63) is 98.9 Å². The molecule has 1 unspecified atom stereocenters. The van der Waals surface area contributed by atoms with E-state index in [1.165, 1.54) is 9.21 Å². The number of anilines is 2. The van der Waals surface area contributed by atoms with Crippen molar-refractivity contribution in [2.24, 2.45) is 0 Å². The zero-order valence-electron chi connectivity index (χ0n) is 31.9. The van der Waals surface area contributed by atoms with Crippen molar-refractivity contribution in [3.8, 4) is 16.2 Å². The predicted molar refractivity (Wildman–Crippen MR) is 222 cm³/mol. The minimum atomic E-state index is -3.70. The van der Waals surface area contributed by atoms with Crippen molar-refractivity contribution in [1.82, 2.24) is 14.5 Å². The van der Waals surface area contributed by atoms with Gasteiger partial charge in [-0.05, 0) is 78.3 Å². The lowest BCUT2D eigenvalue weighted by molar-refractivity contribution is -0.139. The number of rotatable bonds is 15. The van der Waals surface area contributed by atoms with Crippen LogP contribution in [0.4, 0.5) is 11.4 Å². The number of thiophene rings is 1. The summed E-state index contributed by atoms with van der Waals surface area (Å²) in [7, 11) is -3.70. The van der Waals surface area contributed by atoms with Crippen LogP contribution in [0.1, 0.15) is 68.8 Å². The maximum absolute atomic E-state index is 13.5. The lowest BCUT2D eigenvalue weighted by atomic mass is 10.0. The molecule has 3 aromatic carbocycles. The van der Waals surface area contributed by atoms with E-state index in [4.69, 9.17) is 21.4 Å². The molecule has 4 amide bonds. The van der Waals surface area contributed by atoms with E-state index in [1.54, 1.807) is 54.6 Å². The van der Waals surface area contributed by atoms with Gasteiger partial charge < -0.3 is 30.5 Å². The first kappa shape index (κ1) is 42.3. The third-order valence-corrected chi connectivity index (χ3v) is 14.0. The van der Waals surface area contributed by atoms with Crippen molar-refractivity contribution in [3.63, 3.8) is 0 Å². The number of benzene rings is 3. The van der Waals surface area contributed by atoms with E-state index in [0.717, 1.165) is 22.5 Å². The van der Waals surface area contributed by atoms with E-state index in [9.17, 15) is 42.3 Å². The second kappa shape index (κ2) is 17.8. The third kappa shape index (κ3) is 9.62. The van der Waals surface area contributed by atoms with E-state index in [0.29, 0.717) is 52.2 Å². The summed E-state index contributed by atoms with van der Waals surface area (Å²) >= 11 is 7.34. The van der Waals surface area contributed by atoms with Crippen LogP contribution in [-0.2, 0) is 47.9 Å². The highest BCUT2D eigenvalue weighted by Gasteiger charge is 2.39. The van der Waals surface area contributed by atoms with E-state index in [1.807, 2.05) is 12.1 Å². The molecule has 3 aliphatic heterocycles. The zero-order chi connectivity index (χ0) is 42.7. The first-order valence-corrected chi connectivity index (χ1v) is 21.9. The molecule has 1 atom stereocenters. The number of amides is 4. The van der Waals surface area contributed by atoms with E-state index >= 15 is 0 Å². The Kier molecular flexibility index (Phi) is 12.6. The number of carbonyl (C=O) groups is 6. The van der Waals surface area contributed by atoms with Gasteiger partial charge in [0.05, 0.1) is 10.6 Å². The molecule has 0 bridgehead atoms. The fraction of sp³-hybridized carbons (Fsp3) is 0.317. The number of piperidine rings is 2. The number of aliphatic carboxylic acids is 1. The third-order valence-electron chi connectivity index (χ3n) is 10.5. The van der Waals surface area contributed by atoms with Crippen molar-refractivity contribution < 1.29 is 52.1 Å². The van der Waals surface area contributed by atoms with Gasteiger partial charge in [0.2, 0.25) is 27.7 Å². The monoisotopic (exact) mass is 877 g/mol. The Labute approximate surface area is 353 Å². The second-order valence-corrected chi connectivity index (χ2v) is 18.1. The molecular weight excluding hydrogens is 838 g/mol. The standard InChI is InChI=1S/C41H40ClN5O11S2/c42-35-36(58-21-34(50)51)38(41(54)55)59-37(35)25-4-2-6-29(19-25)43-27-13-15-46(16-14-27)60(56,57)22-24-3-1-5-28(18-24)44-32(48)11-8-23-7-9-30-26(17-23)20-47(40(30)53)31-10-12-33(49)45-39(31)52/h1-7,9,17-19,27,31,43H,8,10-16,20-22H2,(H,44,48)(H,50,51)(H,54,55)(H,45,49,52). The largest absolute Gasteiger partial charge is 0.479 e. The van der Waals surface area contributed by atoms with Gasteiger partial charge in [0.15, 0.2) is 17.2 Å². The number of fused-ring (bicyclic) bond motifs is 1. The molecule has 0 radical (unpaired) electrons. The Bertz CT molecular complexity index is 2500. The van der Waals surface area contributed by atoms with Crippen LogP contribution in [0.15, 0.2) is 66.7 Å². The summed E-state index contributed by atoms with van der Waals surface area (Å²) < 4.78 is 33.7. The number of carboxylic acid groups (broad SMARTS) is 2. The smallest absolute Gasteiger partial charge is 0.349 e. The van der Waals surface area contributed by atoms with Gasteiger partial charge in [0.1, 0.15) is 11.1 Å². The number of halogens is 1. The Hall–Kier alpha value is -5.82.